The van der Waals surface area contributed by atoms with Gasteiger partial charge in [-0.15, -0.1) is 10.2 Å². The van der Waals surface area contributed by atoms with Gasteiger partial charge in [-0.1, -0.05) is 6.92 Å². The molecule has 0 saturated heterocycles. The monoisotopic (exact) mass is 287 g/mol. The van der Waals surface area contributed by atoms with Gasteiger partial charge in [-0.25, -0.2) is 4.79 Å². The first-order valence-electron chi connectivity index (χ1n) is 5.91. The second-order valence-electron chi connectivity index (χ2n) is 3.88. The highest BCUT2D eigenvalue weighted by atomic mass is 32.2. The number of hydrogen-bond donors (Lipinski definition) is 2. The molecule has 1 heterocycles. The molecule has 1 rings (SSSR count). The van der Waals surface area contributed by atoms with Crippen LogP contribution in [0.5, 0.6) is 0 Å². The van der Waals surface area contributed by atoms with Crippen LogP contribution in [0.3, 0.4) is 0 Å². The first-order chi connectivity index (χ1) is 9.02. The van der Waals surface area contributed by atoms with Crippen LogP contribution in [-0.4, -0.2) is 39.0 Å². The fraction of sp³-hybridized carbons (Fsp3) is 0.636. The van der Waals surface area contributed by atoms with Crippen LogP contribution >= 0.6 is 11.8 Å². The Morgan fingerprint density at radius 3 is 2.63 bits per heavy atom. The van der Waals surface area contributed by atoms with Gasteiger partial charge in [-0.3, -0.25) is 4.79 Å². The number of carboxylic acid groups (broad SMARTS) is 1. The summed E-state index contributed by atoms with van der Waals surface area (Å²) < 4.78 is 5.32. The number of nitrogens with zero attached hydrogens (tertiary/aromatic N) is 2. The molecule has 2 N–H and O–H groups in total. The van der Waals surface area contributed by atoms with Crippen molar-refractivity contribution in [3.05, 3.63) is 11.8 Å². The number of aromatic nitrogens is 2. The van der Waals surface area contributed by atoms with Crippen molar-refractivity contribution < 1.29 is 19.1 Å². The first kappa shape index (κ1) is 15.5. The van der Waals surface area contributed by atoms with Gasteiger partial charge in [-0.2, -0.15) is 11.8 Å². The third-order valence-corrected chi connectivity index (χ3v) is 3.24. The lowest BCUT2D eigenvalue weighted by atomic mass is 10.2. The van der Waals surface area contributed by atoms with Gasteiger partial charge in [0, 0.05) is 13.3 Å². The van der Waals surface area contributed by atoms with Crippen molar-refractivity contribution in [2.24, 2.45) is 0 Å². The molecule has 0 aliphatic carbocycles. The van der Waals surface area contributed by atoms with Crippen molar-refractivity contribution in [2.75, 3.05) is 5.75 Å². The van der Waals surface area contributed by atoms with Crippen LogP contribution in [0.4, 0.5) is 0 Å². The number of carbonyl (C=O) groups is 2. The lowest BCUT2D eigenvalue weighted by molar-refractivity contribution is -0.141. The van der Waals surface area contributed by atoms with Crippen molar-refractivity contribution in [1.29, 1.82) is 0 Å². The van der Waals surface area contributed by atoms with Crippen molar-refractivity contribution in [3.63, 3.8) is 0 Å². The van der Waals surface area contributed by atoms with Gasteiger partial charge in [0.05, 0.1) is 5.75 Å². The zero-order valence-corrected chi connectivity index (χ0v) is 11.7. The van der Waals surface area contributed by atoms with E-state index in [9.17, 15) is 9.59 Å². The lowest BCUT2D eigenvalue weighted by Gasteiger charge is -2.12. The summed E-state index contributed by atoms with van der Waals surface area (Å²) in [5.74, 6) is 0.884. The predicted octanol–water partition coefficient (Wildman–Crippen LogP) is 0.845. The lowest BCUT2D eigenvalue weighted by Crippen LogP contribution is -2.39. The fourth-order valence-electron chi connectivity index (χ4n) is 1.35. The zero-order valence-electron chi connectivity index (χ0n) is 10.9. The number of amides is 1. The van der Waals surface area contributed by atoms with Crippen molar-refractivity contribution in [3.8, 4) is 0 Å². The Labute approximate surface area is 115 Å². The van der Waals surface area contributed by atoms with Gasteiger partial charge in [0.1, 0.15) is 6.04 Å². The van der Waals surface area contributed by atoms with Crippen LogP contribution < -0.4 is 5.32 Å². The molecule has 1 atom stereocenters. The van der Waals surface area contributed by atoms with Gasteiger partial charge in [-0.05, 0) is 12.2 Å². The van der Waals surface area contributed by atoms with Gasteiger partial charge in [0.25, 0.3) is 0 Å². The van der Waals surface area contributed by atoms with E-state index in [1.54, 1.807) is 0 Å². The highest BCUT2D eigenvalue weighted by Crippen LogP contribution is 2.13. The maximum Gasteiger partial charge on any atom is 0.326 e. The van der Waals surface area contributed by atoms with E-state index in [-0.39, 0.29) is 5.91 Å². The fourth-order valence-corrected chi connectivity index (χ4v) is 2.19. The third kappa shape index (κ3) is 5.73. The number of aryl methyl sites for hydroxylation is 1. The molecule has 1 amide bonds. The van der Waals surface area contributed by atoms with Crippen LogP contribution in [0.15, 0.2) is 4.42 Å². The summed E-state index contributed by atoms with van der Waals surface area (Å²) >= 11 is 1.49. The molecule has 1 aromatic rings. The molecule has 7 nitrogen and oxygen atoms in total. The summed E-state index contributed by atoms with van der Waals surface area (Å²) in [6.45, 7) is 3.23. The van der Waals surface area contributed by atoms with E-state index >= 15 is 0 Å². The molecule has 1 unspecified atom stereocenters. The molecule has 0 fully saturated rings. The summed E-state index contributed by atoms with van der Waals surface area (Å²) in [5.41, 5.74) is 0. The second-order valence-corrected chi connectivity index (χ2v) is 4.98. The molecule has 0 radical (unpaired) electrons. The minimum absolute atomic E-state index is 0.345. The minimum atomic E-state index is -1.03. The number of aliphatic carboxylic acids is 1. The maximum absolute atomic E-state index is 10.9. The summed E-state index contributed by atoms with van der Waals surface area (Å²) in [7, 11) is 0. The van der Waals surface area contributed by atoms with Crippen molar-refractivity contribution in [2.45, 2.75) is 38.5 Å². The van der Waals surface area contributed by atoms with Crippen molar-refractivity contribution >= 4 is 23.6 Å². The Bertz CT molecular complexity index is 435. The molecule has 1 aromatic heterocycles. The SMILES string of the molecule is CCc1nnc(CSCCC(NC(C)=O)C(=O)O)o1. The van der Waals surface area contributed by atoms with Gasteiger partial charge in [0.15, 0.2) is 0 Å². The number of rotatable bonds is 8. The molecule has 106 valence electrons. The molecule has 0 aliphatic heterocycles. The van der Waals surface area contributed by atoms with Crippen LogP contribution in [0.1, 0.15) is 32.0 Å². The van der Waals surface area contributed by atoms with E-state index in [0.717, 1.165) is 0 Å². The summed E-state index contributed by atoms with van der Waals surface area (Å²) in [6.07, 6.45) is 1.05. The Balaban J connectivity index is 2.28. The highest BCUT2D eigenvalue weighted by Gasteiger charge is 2.17. The summed E-state index contributed by atoms with van der Waals surface area (Å²) in [5, 5.41) is 19.0. The molecule has 0 aliphatic rings. The topological polar surface area (TPSA) is 105 Å². The van der Waals surface area contributed by atoms with E-state index in [1.807, 2.05) is 6.92 Å². The largest absolute Gasteiger partial charge is 0.480 e. The van der Waals surface area contributed by atoms with E-state index in [0.29, 0.717) is 36.1 Å². The van der Waals surface area contributed by atoms with Crippen LogP contribution in [0.2, 0.25) is 0 Å². The molecule has 19 heavy (non-hydrogen) atoms. The van der Waals surface area contributed by atoms with Crippen LogP contribution in [0, 0.1) is 0 Å². The molecule has 0 spiro atoms. The van der Waals surface area contributed by atoms with Crippen LogP contribution in [-0.2, 0) is 21.8 Å². The number of carboxylic acids is 1. The van der Waals surface area contributed by atoms with Gasteiger partial charge in [0.2, 0.25) is 17.7 Å². The summed E-state index contributed by atoms with van der Waals surface area (Å²) in [6, 6.07) is -0.848. The van der Waals surface area contributed by atoms with Crippen molar-refractivity contribution in [1.82, 2.24) is 15.5 Å². The normalized spacial score (nSPS) is 12.1. The smallest absolute Gasteiger partial charge is 0.326 e. The molecular weight excluding hydrogens is 270 g/mol. The Kier molecular flexibility index (Phi) is 6.34. The zero-order chi connectivity index (χ0) is 14.3. The minimum Gasteiger partial charge on any atom is -0.480 e. The van der Waals surface area contributed by atoms with Crippen LogP contribution in [0.25, 0.3) is 0 Å². The molecule has 0 bridgehead atoms. The summed E-state index contributed by atoms with van der Waals surface area (Å²) in [4.78, 5) is 21.7. The van der Waals surface area contributed by atoms with Gasteiger partial charge >= 0.3 is 5.97 Å². The average molecular weight is 287 g/mol. The van der Waals surface area contributed by atoms with E-state index in [2.05, 4.69) is 15.5 Å². The highest BCUT2D eigenvalue weighted by molar-refractivity contribution is 7.98. The standard InChI is InChI=1S/C11H17N3O4S/c1-3-9-13-14-10(18-9)6-19-5-4-8(11(16)17)12-7(2)15/h8H,3-6H2,1-2H3,(H,12,15)(H,16,17). The Morgan fingerprint density at radius 2 is 2.11 bits per heavy atom. The van der Waals surface area contributed by atoms with E-state index in [4.69, 9.17) is 9.52 Å². The number of hydrogen-bond acceptors (Lipinski definition) is 6. The second kappa shape index (κ2) is 7.78. The molecule has 0 aromatic carbocycles. The maximum atomic E-state index is 10.9. The molecule has 0 saturated carbocycles. The molecule has 8 heteroatoms. The first-order valence-corrected chi connectivity index (χ1v) is 7.07. The molecular formula is C11H17N3O4S. The quantitative estimate of drug-likeness (QED) is 0.682. The predicted molar refractivity (Wildman–Crippen MR) is 69.7 cm³/mol. The Morgan fingerprint density at radius 1 is 1.42 bits per heavy atom. The van der Waals surface area contributed by atoms with Gasteiger partial charge < -0.3 is 14.8 Å². The third-order valence-electron chi connectivity index (χ3n) is 2.26. The number of thioether (sulfide) groups is 1. The van der Waals surface area contributed by atoms with E-state index < -0.39 is 12.0 Å². The number of nitrogens with one attached hydrogen (secondary N) is 1. The number of carbonyl (C=O) groups excluding carboxylic acids is 1. The van der Waals surface area contributed by atoms with E-state index in [1.165, 1.54) is 18.7 Å². The Hall–Kier alpha value is -1.57. The average Bonchev–Trinajstić information content (AvgIpc) is 2.80.